The summed E-state index contributed by atoms with van der Waals surface area (Å²) in [4.78, 5) is 40.0. The molecular weight excluding hydrogens is 394 g/mol. The van der Waals surface area contributed by atoms with E-state index in [2.05, 4.69) is 31.2 Å². The van der Waals surface area contributed by atoms with Gasteiger partial charge in [0.15, 0.2) is 0 Å². The van der Waals surface area contributed by atoms with Gasteiger partial charge in [0.05, 0.1) is 0 Å². The highest BCUT2D eigenvalue weighted by Crippen LogP contribution is 2.22. The maximum Gasteiger partial charge on any atom is 0.577 e. The van der Waals surface area contributed by atoms with Crippen molar-refractivity contribution in [2.24, 2.45) is 0 Å². The molecule has 0 heterocycles. The second-order valence-corrected chi connectivity index (χ2v) is 6.50. The Kier molecular flexibility index (Phi) is 14.1. The maximum absolute atomic E-state index is 11.1. The molecule has 0 radical (unpaired) electrons. The molecule has 10 heteroatoms. The van der Waals surface area contributed by atoms with Crippen LogP contribution in [-0.2, 0) is 4.79 Å². The van der Waals surface area contributed by atoms with Crippen LogP contribution < -0.4 is 0 Å². The van der Waals surface area contributed by atoms with Crippen molar-refractivity contribution in [2.75, 3.05) is 0 Å². The van der Waals surface area contributed by atoms with E-state index in [1.807, 2.05) is 24.3 Å². The molecule has 0 saturated heterocycles. The van der Waals surface area contributed by atoms with Gasteiger partial charge in [-0.2, -0.15) is 0 Å². The Morgan fingerprint density at radius 3 is 1.63 bits per heavy atom. The van der Waals surface area contributed by atoms with Crippen LogP contribution in [0.3, 0.4) is 0 Å². The Balaban J connectivity index is 4.31. The number of nitro groups is 3. The minimum absolute atomic E-state index is 0.153. The van der Waals surface area contributed by atoms with Gasteiger partial charge in [0, 0.05) is 11.3 Å². The Bertz CT molecular complexity index is 670. The van der Waals surface area contributed by atoms with Gasteiger partial charge < -0.3 is 0 Å². The molecule has 0 aliphatic rings. The highest BCUT2D eigenvalue weighted by atomic mass is 16.7. The van der Waals surface area contributed by atoms with E-state index in [1.165, 1.54) is 0 Å². The van der Waals surface area contributed by atoms with Crippen molar-refractivity contribution in [1.29, 1.82) is 0 Å². The van der Waals surface area contributed by atoms with Gasteiger partial charge in [-0.25, -0.2) is 0 Å². The average molecular weight is 423 g/mol. The molecule has 10 nitrogen and oxygen atoms in total. The third-order valence-electron chi connectivity index (χ3n) is 4.32. The van der Waals surface area contributed by atoms with Crippen LogP contribution in [0.5, 0.6) is 0 Å². The fourth-order valence-electron chi connectivity index (χ4n) is 2.65. The first-order valence-electron chi connectivity index (χ1n) is 9.83. The molecule has 0 spiro atoms. The summed E-state index contributed by atoms with van der Waals surface area (Å²) in [5.74, 6) is 0. The molecule has 30 heavy (non-hydrogen) atoms. The maximum atomic E-state index is 11.1. The van der Waals surface area contributed by atoms with Crippen LogP contribution in [0.2, 0.25) is 0 Å². The second kappa shape index (κ2) is 15.7. The smallest absolute Gasteiger partial charge is 0.287 e. The molecule has 0 rings (SSSR count). The molecule has 166 valence electrons. The normalized spacial score (nSPS) is 13.5. The number of aldehydes is 1. The van der Waals surface area contributed by atoms with Gasteiger partial charge >= 0.3 is 11.7 Å². The van der Waals surface area contributed by atoms with Crippen LogP contribution in [-0.4, -0.2) is 32.8 Å². The zero-order valence-electron chi connectivity index (χ0n) is 17.1. The SMILES string of the molecule is CC/C=C/C/C=C/C/C=C/C/C=C/CCCCC([N+](=O)[O-])C(C=O)([N+](=O)[O-])[N+](=O)[O-]. The summed E-state index contributed by atoms with van der Waals surface area (Å²) in [6, 6.07) is -2.21. The van der Waals surface area contributed by atoms with Crippen molar-refractivity contribution in [3.05, 3.63) is 79.0 Å². The fraction of sp³-hybridized carbons (Fsp3) is 0.550. The van der Waals surface area contributed by atoms with E-state index >= 15 is 0 Å². The average Bonchev–Trinajstić information content (AvgIpc) is 2.69. The summed E-state index contributed by atoms with van der Waals surface area (Å²) >= 11 is 0. The van der Waals surface area contributed by atoms with E-state index in [0.717, 1.165) is 25.7 Å². The van der Waals surface area contributed by atoms with Crippen LogP contribution in [0.15, 0.2) is 48.6 Å². The number of hydrogen-bond acceptors (Lipinski definition) is 7. The predicted molar refractivity (Wildman–Crippen MR) is 113 cm³/mol. The first-order valence-corrected chi connectivity index (χ1v) is 9.83. The van der Waals surface area contributed by atoms with Gasteiger partial charge in [0.25, 0.3) is 6.29 Å². The van der Waals surface area contributed by atoms with Gasteiger partial charge in [-0.05, 0) is 44.9 Å². The van der Waals surface area contributed by atoms with Gasteiger partial charge in [-0.1, -0.05) is 55.5 Å². The van der Waals surface area contributed by atoms with Crippen LogP contribution in [0.1, 0.15) is 58.3 Å². The summed E-state index contributed by atoms with van der Waals surface area (Å²) in [6.07, 6.45) is 20.0. The number of nitrogens with zero attached hydrogens (tertiary/aromatic N) is 3. The molecule has 0 aromatic heterocycles. The van der Waals surface area contributed by atoms with E-state index in [0.29, 0.717) is 12.8 Å². The molecular formula is C20H29N3O7. The molecule has 0 aromatic rings. The van der Waals surface area contributed by atoms with Crippen LogP contribution in [0.4, 0.5) is 0 Å². The summed E-state index contributed by atoms with van der Waals surface area (Å²) < 4.78 is 0. The van der Waals surface area contributed by atoms with E-state index in [4.69, 9.17) is 0 Å². The first-order chi connectivity index (χ1) is 14.3. The number of rotatable bonds is 17. The zero-order valence-corrected chi connectivity index (χ0v) is 17.1. The lowest BCUT2D eigenvalue weighted by Crippen LogP contribution is -2.60. The Morgan fingerprint density at radius 1 is 0.767 bits per heavy atom. The summed E-state index contributed by atoms with van der Waals surface area (Å²) in [5, 5.41) is 33.1. The zero-order chi connectivity index (χ0) is 22.8. The molecule has 0 N–H and O–H groups in total. The number of carbonyl (C=O) groups is 1. The highest BCUT2D eigenvalue weighted by molar-refractivity contribution is 5.60. The minimum atomic E-state index is -3.45. The van der Waals surface area contributed by atoms with E-state index < -0.39 is 39.2 Å². The first kappa shape index (κ1) is 26.8. The Labute approximate surface area is 175 Å². The monoisotopic (exact) mass is 423 g/mol. The Morgan fingerprint density at radius 2 is 1.23 bits per heavy atom. The van der Waals surface area contributed by atoms with Crippen molar-refractivity contribution in [1.82, 2.24) is 0 Å². The molecule has 1 unspecified atom stereocenters. The third-order valence-corrected chi connectivity index (χ3v) is 4.32. The Hall–Kier alpha value is -3.17. The third kappa shape index (κ3) is 9.35. The lowest BCUT2D eigenvalue weighted by atomic mass is 9.97. The molecule has 0 saturated carbocycles. The van der Waals surface area contributed by atoms with E-state index in [-0.39, 0.29) is 6.42 Å². The number of unbranched alkanes of at least 4 members (excludes halogenated alkanes) is 2. The van der Waals surface area contributed by atoms with E-state index in [9.17, 15) is 35.1 Å². The number of carbonyl (C=O) groups excluding carboxylic acids is 1. The summed E-state index contributed by atoms with van der Waals surface area (Å²) in [7, 11) is 0. The molecule has 0 amide bonds. The second-order valence-electron chi connectivity index (χ2n) is 6.50. The van der Waals surface area contributed by atoms with Gasteiger partial charge in [0.2, 0.25) is 0 Å². The van der Waals surface area contributed by atoms with Gasteiger partial charge in [-0.3, -0.25) is 35.1 Å². The lowest BCUT2D eigenvalue weighted by Gasteiger charge is -2.15. The lowest BCUT2D eigenvalue weighted by molar-refractivity contribution is -0.812. The van der Waals surface area contributed by atoms with E-state index in [1.54, 1.807) is 0 Å². The molecule has 0 aromatic carbocycles. The van der Waals surface area contributed by atoms with Gasteiger partial charge in [-0.15, -0.1) is 0 Å². The van der Waals surface area contributed by atoms with Crippen LogP contribution >= 0.6 is 0 Å². The van der Waals surface area contributed by atoms with Crippen LogP contribution in [0, 0.1) is 30.3 Å². The summed E-state index contributed by atoms with van der Waals surface area (Å²) in [5.41, 5.74) is -3.45. The molecule has 0 fully saturated rings. The van der Waals surface area contributed by atoms with Crippen molar-refractivity contribution in [2.45, 2.75) is 70.0 Å². The number of allylic oxidation sites excluding steroid dienone is 8. The quantitative estimate of drug-likeness (QED) is 0.0838. The summed E-state index contributed by atoms with van der Waals surface area (Å²) in [6.45, 7) is 2.09. The van der Waals surface area contributed by atoms with Crippen molar-refractivity contribution >= 4 is 6.29 Å². The molecule has 0 aliphatic heterocycles. The van der Waals surface area contributed by atoms with Crippen molar-refractivity contribution < 1.29 is 19.6 Å². The fourth-order valence-corrected chi connectivity index (χ4v) is 2.65. The minimum Gasteiger partial charge on any atom is -0.287 e. The largest absolute Gasteiger partial charge is 0.577 e. The molecule has 1 atom stereocenters. The predicted octanol–water partition coefficient (Wildman–Crippen LogP) is 4.45. The van der Waals surface area contributed by atoms with Crippen LogP contribution in [0.25, 0.3) is 0 Å². The standard InChI is InChI=1S/C20H29N3O7/c1-2-3-4-5-6-7-8-9-10-11-12-13-14-15-16-17-19(21(25)26)20(18-24,22(27)28)23(29)30/h3-4,6-7,9-10,12-13,18-19H,2,5,8,11,14-17H2,1H3/b4-3+,7-6+,10-9+,13-12+. The number of hydrogen-bond donors (Lipinski definition) is 0. The molecule has 0 aliphatic carbocycles. The topological polar surface area (TPSA) is 146 Å². The van der Waals surface area contributed by atoms with Crippen molar-refractivity contribution in [3.8, 4) is 0 Å². The van der Waals surface area contributed by atoms with Gasteiger partial charge in [0.1, 0.15) is 9.85 Å². The highest BCUT2D eigenvalue weighted by Gasteiger charge is 2.70. The molecule has 0 bridgehead atoms. The van der Waals surface area contributed by atoms with Crippen molar-refractivity contribution in [3.63, 3.8) is 0 Å².